The summed E-state index contributed by atoms with van der Waals surface area (Å²) >= 11 is 0. The van der Waals surface area contributed by atoms with Crippen LogP contribution in [0.3, 0.4) is 0 Å². The van der Waals surface area contributed by atoms with Crippen LogP contribution in [0.1, 0.15) is 31.9 Å². The summed E-state index contributed by atoms with van der Waals surface area (Å²) in [5.74, 6) is 0. The largest absolute Gasteiger partial charge is 0.258 e. The van der Waals surface area contributed by atoms with Crippen LogP contribution in [0.15, 0.2) is 28.7 Å². The first-order valence-electron chi connectivity index (χ1n) is 5.09. The van der Waals surface area contributed by atoms with Gasteiger partial charge in [-0.3, -0.25) is 0 Å². The number of hydrogen-bond acceptors (Lipinski definition) is 2. The Hall–Kier alpha value is -1.16. The minimum Gasteiger partial charge on any atom is -0.204 e. The zero-order valence-electron chi connectivity index (χ0n) is 10.1. The van der Waals surface area contributed by atoms with Crippen molar-refractivity contribution >= 4 is 16.2 Å². The number of nitrogens with zero attached hydrogens (tertiary/aromatic N) is 1. The van der Waals surface area contributed by atoms with Crippen molar-refractivity contribution in [1.82, 2.24) is 0 Å². The summed E-state index contributed by atoms with van der Waals surface area (Å²) in [6.07, 6.45) is 1.41. The minimum atomic E-state index is -3.44. The maximum absolute atomic E-state index is 11.7. The van der Waals surface area contributed by atoms with E-state index in [4.69, 9.17) is 0 Å². The topological polar surface area (TPSA) is 46.5 Å². The third-order valence-electron chi connectivity index (χ3n) is 2.29. The lowest BCUT2D eigenvalue weighted by molar-refractivity contribution is 0.562. The van der Waals surface area contributed by atoms with Gasteiger partial charge in [0, 0.05) is 6.21 Å². The highest BCUT2D eigenvalue weighted by Gasteiger charge is 2.27. The Morgan fingerprint density at radius 2 is 1.75 bits per heavy atom. The van der Waals surface area contributed by atoms with Gasteiger partial charge in [0.05, 0.1) is 4.75 Å². The molecule has 0 amide bonds. The Morgan fingerprint density at radius 1 is 1.19 bits per heavy atom. The molecule has 0 spiro atoms. The first-order chi connectivity index (χ1) is 7.24. The standard InChI is InChI=1S/C12H17NO2S/c1-10-7-5-6-8-11(10)9-13-16(14,15)12(2,3)4/h5-9H,1-4H3/b13-9+. The number of rotatable bonds is 2. The van der Waals surface area contributed by atoms with Gasteiger partial charge >= 0.3 is 0 Å². The summed E-state index contributed by atoms with van der Waals surface area (Å²) < 4.78 is 26.3. The molecule has 1 rings (SSSR count). The van der Waals surface area contributed by atoms with Gasteiger partial charge in [-0.25, -0.2) is 8.42 Å². The van der Waals surface area contributed by atoms with Crippen LogP contribution >= 0.6 is 0 Å². The second-order valence-electron chi connectivity index (χ2n) is 4.68. The van der Waals surface area contributed by atoms with Crippen LogP contribution in [-0.4, -0.2) is 19.4 Å². The third-order valence-corrected chi connectivity index (χ3v) is 4.22. The molecule has 0 saturated carbocycles. The third kappa shape index (κ3) is 2.92. The summed E-state index contributed by atoms with van der Waals surface area (Å²) in [7, 11) is -3.44. The van der Waals surface area contributed by atoms with E-state index in [0.29, 0.717) is 0 Å². The van der Waals surface area contributed by atoms with Crippen molar-refractivity contribution in [3.05, 3.63) is 35.4 Å². The second-order valence-corrected chi connectivity index (χ2v) is 7.06. The Balaban J connectivity index is 3.04. The predicted molar refractivity (Wildman–Crippen MR) is 67.4 cm³/mol. The van der Waals surface area contributed by atoms with Gasteiger partial charge in [0.15, 0.2) is 0 Å². The van der Waals surface area contributed by atoms with E-state index in [1.165, 1.54) is 6.21 Å². The molecular formula is C12H17NO2S. The smallest absolute Gasteiger partial charge is 0.204 e. The molecule has 0 aliphatic carbocycles. The molecule has 0 saturated heterocycles. The highest BCUT2D eigenvalue weighted by atomic mass is 32.2. The molecule has 0 aromatic heterocycles. The lowest BCUT2D eigenvalue weighted by Gasteiger charge is -2.14. The fraction of sp³-hybridized carbons (Fsp3) is 0.417. The average Bonchev–Trinajstić information content (AvgIpc) is 2.15. The van der Waals surface area contributed by atoms with Crippen LogP contribution in [0, 0.1) is 6.92 Å². The summed E-state index contributed by atoms with van der Waals surface area (Å²) in [6.45, 7) is 6.83. The first kappa shape index (κ1) is 12.9. The SMILES string of the molecule is Cc1ccccc1/C=N/S(=O)(=O)C(C)(C)C. The maximum atomic E-state index is 11.7. The van der Waals surface area contributed by atoms with Crippen LogP contribution in [0.2, 0.25) is 0 Å². The molecule has 0 aliphatic heterocycles. The normalized spacial score (nSPS) is 13.2. The van der Waals surface area contributed by atoms with Crippen LogP contribution in [0.4, 0.5) is 0 Å². The Kier molecular flexibility index (Phi) is 3.53. The van der Waals surface area contributed by atoms with E-state index in [2.05, 4.69) is 4.40 Å². The van der Waals surface area contributed by atoms with E-state index in [1.807, 2.05) is 31.2 Å². The van der Waals surface area contributed by atoms with Gasteiger partial charge in [-0.05, 0) is 38.8 Å². The Morgan fingerprint density at radius 3 is 2.25 bits per heavy atom. The number of aryl methyl sites for hydroxylation is 1. The molecule has 16 heavy (non-hydrogen) atoms. The fourth-order valence-electron chi connectivity index (χ4n) is 1.02. The van der Waals surface area contributed by atoms with Crippen molar-refractivity contribution in [2.24, 2.45) is 4.40 Å². The average molecular weight is 239 g/mol. The van der Waals surface area contributed by atoms with E-state index in [0.717, 1.165) is 11.1 Å². The van der Waals surface area contributed by atoms with Crippen molar-refractivity contribution < 1.29 is 8.42 Å². The maximum Gasteiger partial charge on any atom is 0.258 e. The van der Waals surface area contributed by atoms with Gasteiger partial charge in [0.1, 0.15) is 0 Å². The van der Waals surface area contributed by atoms with Crippen LogP contribution in [-0.2, 0) is 10.0 Å². The number of benzene rings is 1. The van der Waals surface area contributed by atoms with Gasteiger partial charge in [-0.1, -0.05) is 24.3 Å². The molecule has 0 unspecified atom stereocenters. The molecule has 0 N–H and O–H groups in total. The first-order valence-corrected chi connectivity index (χ1v) is 6.53. The highest BCUT2D eigenvalue weighted by molar-refractivity contribution is 7.91. The van der Waals surface area contributed by atoms with E-state index in [9.17, 15) is 8.42 Å². The zero-order valence-corrected chi connectivity index (χ0v) is 10.9. The van der Waals surface area contributed by atoms with Crippen LogP contribution in [0.25, 0.3) is 0 Å². The molecule has 1 aromatic rings. The molecule has 0 radical (unpaired) electrons. The molecule has 3 nitrogen and oxygen atoms in total. The Bertz CT molecular complexity index is 496. The number of sulfonamides is 1. The van der Waals surface area contributed by atoms with Gasteiger partial charge in [-0.2, -0.15) is 4.40 Å². The molecule has 0 bridgehead atoms. The van der Waals surface area contributed by atoms with E-state index in [-0.39, 0.29) is 0 Å². The quantitative estimate of drug-likeness (QED) is 0.744. The number of hydrogen-bond donors (Lipinski definition) is 0. The van der Waals surface area contributed by atoms with E-state index < -0.39 is 14.8 Å². The molecule has 0 atom stereocenters. The second kappa shape index (κ2) is 4.37. The predicted octanol–water partition coefficient (Wildman–Crippen LogP) is 2.54. The summed E-state index contributed by atoms with van der Waals surface area (Å²) in [4.78, 5) is 0. The van der Waals surface area contributed by atoms with Crippen molar-refractivity contribution in [3.8, 4) is 0 Å². The molecule has 0 aliphatic rings. The van der Waals surface area contributed by atoms with Crippen molar-refractivity contribution in [2.45, 2.75) is 32.4 Å². The molecular weight excluding hydrogens is 222 g/mol. The van der Waals surface area contributed by atoms with Gasteiger partial charge in [0.25, 0.3) is 10.0 Å². The van der Waals surface area contributed by atoms with Gasteiger partial charge in [0.2, 0.25) is 0 Å². The summed E-state index contributed by atoms with van der Waals surface area (Å²) in [5.41, 5.74) is 1.84. The van der Waals surface area contributed by atoms with Crippen molar-refractivity contribution in [1.29, 1.82) is 0 Å². The monoisotopic (exact) mass is 239 g/mol. The molecule has 88 valence electrons. The molecule has 0 fully saturated rings. The van der Waals surface area contributed by atoms with E-state index in [1.54, 1.807) is 20.8 Å². The molecule has 1 aromatic carbocycles. The fourth-order valence-corrected chi connectivity index (χ4v) is 1.58. The van der Waals surface area contributed by atoms with Crippen LogP contribution < -0.4 is 0 Å². The summed E-state index contributed by atoms with van der Waals surface area (Å²) in [6, 6.07) is 7.53. The van der Waals surface area contributed by atoms with Gasteiger partial charge in [-0.15, -0.1) is 0 Å². The van der Waals surface area contributed by atoms with Crippen LogP contribution in [0.5, 0.6) is 0 Å². The van der Waals surface area contributed by atoms with Crippen molar-refractivity contribution in [2.75, 3.05) is 0 Å². The lowest BCUT2D eigenvalue weighted by atomic mass is 10.1. The minimum absolute atomic E-state index is 0.829. The summed E-state index contributed by atoms with van der Waals surface area (Å²) in [5, 5.41) is 0. The Labute approximate surface area is 97.3 Å². The lowest BCUT2D eigenvalue weighted by Crippen LogP contribution is -2.25. The molecule has 0 heterocycles. The van der Waals surface area contributed by atoms with Gasteiger partial charge < -0.3 is 0 Å². The van der Waals surface area contributed by atoms with E-state index >= 15 is 0 Å². The zero-order chi connectivity index (χ0) is 12.4. The highest BCUT2D eigenvalue weighted by Crippen LogP contribution is 2.17. The van der Waals surface area contributed by atoms with Crippen molar-refractivity contribution in [3.63, 3.8) is 0 Å². The molecule has 4 heteroatoms.